The molecule has 0 aliphatic carbocycles. The topological polar surface area (TPSA) is 36.3 Å². The lowest BCUT2D eigenvalue weighted by atomic mass is 10.2. The molecular weight excluding hydrogens is 244 g/mol. The minimum atomic E-state index is 0.646. The Morgan fingerprint density at radius 1 is 1.39 bits per heavy atom. The molecular formula is C14H20N2OS. The van der Waals surface area contributed by atoms with Crippen molar-refractivity contribution in [2.24, 2.45) is 0 Å². The summed E-state index contributed by atoms with van der Waals surface area (Å²) in [6.45, 7) is 3.72. The van der Waals surface area contributed by atoms with Crippen molar-refractivity contribution >= 4 is 11.8 Å². The van der Waals surface area contributed by atoms with Gasteiger partial charge in [-0.15, -0.1) is 11.8 Å². The molecule has 0 spiro atoms. The Morgan fingerprint density at radius 2 is 2.17 bits per heavy atom. The molecule has 0 radical (unpaired) electrons. The first kappa shape index (κ1) is 14.9. The zero-order chi connectivity index (χ0) is 13.4. The van der Waals surface area contributed by atoms with Gasteiger partial charge in [-0.25, -0.2) is 0 Å². The fraction of sp³-hybridized carbons (Fsp3) is 0.500. The summed E-state index contributed by atoms with van der Waals surface area (Å²) in [4.78, 5) is 3.13. The van der Waals surface area contributed by atoms with Crippen LogP contribution >= 0.6 is 11.8 Å². The molecule has 1 aromatic carbocycles. The van der Waals surface area contributed by atoms with Crippen molar-refractivity contribution in [1.29, 1.82) is 5.26 Å². The molecule has 0 aromatic heterocycles. The summed E-state index contributed by atoms with van der Waals surface area (Å²) < 4.78 is 5.70. The molecule has 0 N–H and O–H groups in total. The van der Waals surface area contributed by atoms with Crippen LogP contribution in [0.15, 0.2) is 23.1 Å². The third-order valence-corrected chi connectivity index (χ3v) is 3.35. The number of rotatable bonds is 7. The molecule has 0 saturated carbocycles. The highest BCUT2D eigenvalue weighted by Crippen LogP contribution is 2.29. The molecule has 0 saturated heterocycles. The first-order chi connectivity index (χ1) is 8.69. The molecule has 0 heterocycles. The van der Waals surface area contributed by atoms with Crippen LogP contribution in [0.1, 0.15) is 18.9 Å². The van der Waals surface area contributed by atoms with Crippen LogP contribution in [0, 0.1) is 11.3 Å². The van der Waals surface area contributed by atoms with Gasteiger partial charge in [0.15, 0.2) is 0 Å². The lowest BCUT2D eigenvalue weighted by Gasteiger charge is -2.12. The summed E-state index contributed by atoms with van der Waals surface area (Å²) in [6, 6.07) is 8.03. The molecule has 4 heteroatoms. The van der Waals surface area contributed by atoms with Gasteiger partial charge in [0.1, 0.15) is 17.4 Å². The Bertz CT molecular complexity index is 413. The molecule has 1 aromatic rings. The predicted octanol–water partition coefficient (Wildman–Crippen LogP) is 3.00. The van der Waals surface area contributed by atoms with Crippen LogP contribution in [-0.2, 0) is 0 Å². The third kappa shape index (κ3) is 4.59. The minimum Gasteiger partial charge on any atom is -0.492 e. The van der Waals surface area contributed by atoms with E-state index < -0.39 is 0 Å². The maximum absolute atomic E-state index is 9.22. The van der Waals surface area contributed by atoms with E-state index in [-0.39, 0.29) is 0 Å². The average Bonchev–Trinajstić information content (AvgIpc) is 2.35. The summed E-state index contributed by atoms with van der Waals surface area (Å²) in [7, 11) is 4.08. The molecule has 0 aliphatic rings. The molecule has 1 rings (SSSR count). The Balaban J connectivity index is 2.65. The van der Waals surface area contributed by atoms with E-state index in [1.807, 2.05) is 32.3 Å². The Labute approximate surface area is 114 Å². The van der Waals surface area contributed by atoms with Gasteiger partial charge in [-0.1, -0.05) is 13.0 Å². The zero-order valence-electron chi connectivity index (χ0n) is 11.3. The highest BCUT2D eigenvalue weighted by molar-refractivity contribution is 7.99. The average molecular weight is 264 g/mol. The van der Waals surface area contributed by atoms with Gasteiger partial charge in [-0.2, -0.15) is 5.26 Å². The van der Waals surface area contributed by atoms with Crippen molar-refractivity contribution in [3.8, 4) is 11.8 Å². The molecule has 0 fully saturated rings. The maximum Gasteiger partial charge on any atom is 0.138 e. The molecule has 18 heavy (non-hydrogen) atoms. The third-order valence-electron chi connectivity index (χ3n) is 2.41. The normalized spacial score (nSPS) is 10.4. The van der Waals surface area contributed by atoms with Crippen LogP contribution in [0.25, 0.3) is 0 Å². The van der Waals surface area contributed by atoms with E-state index in [0.717, 1.165) is 23.6 Å². The second-order valence-electron chi connectivity index (χ2n) is 4.18. The molecule has 0 aliphatic heterocycles. The molecule has 0 unspecified atom stereocenters. The second kappa shape index (κ2) is 8.02. The van der Waals surface area contributed by atoms with Crippen LogP contribution in [-0.4, -0.2) is 37.9 Å². The van der Waals surface area contributed by atoms with Gasteiger partial charge in [0.05, 0.1) is 6.61 Å². The molecule has 0 atom stereocenters. The lowest BCUT2D eigenvalue weighted by molar-refractivity contribution is 0.280. The van der Waals surface area contributed by atoms with Crippen molar-refractivity contribution in [1.82, 2.24) is 4.90 Å². The van der Waals surface area contributed by atoms with E-state index in [1.165, 1.54) is 0 Å². The SMILES string of the molecule is CCSc1cccc(OCCCN(C)C)c1C#N. The van der Waals surface area contributed by atoms with Gasteiger partial charge >= 0.3 is 0 Å². The molecule has 3 nitrogen and oxygen atoms in total. The quantitative estimate of drug-likeness (QED) is 0.560. The number of hydrogen-bond acceptors (Lipinski definition) is 4. The predicted molar refractivity (Wildman–Crippen MR) is 76.2 cm³/mol. The summed E-state index contributed by atoms with van der Waals surface area (Å²) in [5, 5.41) is 9.22. The van der Waals surface area contributed by atoms with E-state index in [0.29, 0.717) is 17.9 Å². The summed E-state index contributed by atoms with van der Waals surface area (Å²) in [5.74, 6) is 1.66. The van der Waals surface area contributed by atoms with E-state index in [4.69, 9.17) is 4.74 Å². The highest BCUT2D eigenvalue weighted by atomic mass is 32.2. The molecule has 98 valence electrons. The summed E-state index contributed by atoms with van der Waals surface area (Å²) in [6.07, 6.45) is 0.961. The van der Waals surface area contributed by atoms with Gasteiger partial charge in [0.2, 0.25) is 0 Å². The number of thioether (sulfide) groups is 1. The smallest absolute Gasteiger partial charge is 0.138 e. The van der Waals surface area contributed by atoms with Gasteiger partial charge in [-0.05, 0) is 38.4 Å². The maximum atomic E-state index is 9.22. The van der Waals surface area contributed by atoms with E-state index in [2.05, 4.69) is 17.9 Å². The Hall–Kier alpha value is -1.18. The number of benzene rings is 1. The van der Waals surface area contributed by atoms with Crippen molar-refractivity contribution in [3.05, 3.63) is 23.8 Å². The fourth-order valence-electron chi connectivity index (χ4n) is 1.58. The van der Waals surface area contributed by atoms with Crippen molar-refractivity contribution < 1.29 is 4.74 Å². The number of nitriles is 1. The van der Waals surface area contributed by atoms with Crippen LogP contribution in [0.2, 0.25) is 0 Å². The first-order valence-electron chi connectivity index (χ1n) is 6.12. The zero-order valence-corrected chi connectivity index (χ0v) is 12.1. The van der Waals surface area contributed by atoms with Crippen LogP contribution in [0.3, 0.4) is 0 Å². The number of nitrogens with zero attached hydrogens (tertiary/aromatic N) is 2. The van der Waals surface area contributed by atoms with Crippen molar-refractivity contribution in [3.63, 3.8) is 0 Å². The van der Waals surface area contributed by atoms with Crippen LogP contribution in [0.4, 0.5) is 0 Å². The second-order valence-corrected chi connectivity index (χ2v) is 5.49. The lowest BCUT2D eigenvalue weighted by Crippen LogP contribution is -2.15. The van der Waals surface area contributed by atoms with Gasteiger partial charge in [0, 0.05) is 11.4 Å². The monoisotopic (exact) mass is 264 g/mol. The molecule has 0 bridgehead atoms. The minimum absolute atomic E-state index is 0.646. The standard InChI is InChI=1S/C14H20N2OS/c1-4-18-14-8-5-7-13(12(14)11-15)17-10-6-9-16(2)3/h5,7-8H,4,6,9-10H2,1-3H3. The Morgan fingerprint density at radius 3 is 2.78 bits per heavy atom. The summed E-state index contributed by atoms with van der Waals surface area (Å²) >= 11 is 1.67. The highest BCUT2D eigenvalue weighted by Gasteiger charge is 2.08. The largest absolute Gasteiger partial charge is 0.492 e. The first-order valence-corrected chi connectivity index (χ1v) is 7.11. The van der Waals surface area contributed by atoms with E-state index >= 15 is 0 Å². The number of hydrogen-bond donors (Lipinski definition) is 0. The van der Waals surface area contributed by atoms with Crippen LogP contribution in [0.5, 0.6) is 5.75 Å². The van der Waals surface area contributed by atoms with Crippen LogP contribution < -0.4 is 4.74 Å². The van der Waals surface area contributed by atoms with Gasteiger partial charge in [-0.3, -0.25) is 0 Å². The molecule has 0 amide bonds. The van der Waals surface area contributed by atoms with Gasteiger partial charge in [0.25, 0.3) is 0 Å². The number of ether oxygens (including phenoxy) is 1. The fourth-order valence-corrected chi connectivity index (χ4v) is 2.36. The van der Waals surface area contributed by atoms with Gasteiger partial charge < -0.3 is 9.64 Å². The van der Waals surface area contributed by atoms with Crippen molar-refractivity contribution in [2.45, 2.75) is 18.2 Å². The summed E-state index contributed by atoms with van der Waals surface area (Å²) in [5.41, 5.74) is 0.661. The van der Waals surface area contributed by atoms with E-state index in [9.17, 15) is 5.26 Å². The van der Waals surface area contributed by atoms with Crippen molar-refractivity contribution in [2.75, 3.05) is 33.0 Å². The Kier molecular flexibility index (Phi) is 6.63. The van der Waals surface area contributed by atoms with E-state index in [1.54, 1.807) is 11.8 Å².